The fourth-order valence-electron chi connectivity index (χ4n) is 1.45. The molecule has 0 aliphatic heterocycles. The molecule has 0 fully saturated rings. The summed E-state index contributed by atoms with van der Waals surface area (Å²) in [5.41, 5.74) is -0.0445. The highest BCUT2D eigenvalue weighted by Gasteiger charge is 2.25. The van der Waals surface area contributed by atoms with Gasteiger partial charge in [-0.05, 0) is 34.0 Å². The van der Waals surface area contributed by atoms with Gasteiger partial charge in [-0.2, -0.15) is 0 Å². The van der Waals surface area contributed by atoms with Crippen molar-refractivity contribution < 1.29 is 19.1 Å². The van der Waals surface area contributed by atoms with E-state index >= 15 is 0 Å². The first-order valence-corrected chi connectivity index (χ1v) is 6.59. The maximum absolute atomic E-state index is 13.4. The van der Waals surface area contributed by atoms with Gasteiger partial charge < -0.3 is 10.4 Å². The number of rotatable bonds is 4. The average Bonchev–Trinajstić information content (AvgIpc) is 2.29. The van der Waals surface area contributed by atoms with E-state index < -0.39 is 23.7 Å². The third kappa shape index (κ3) is 3.91. The first-order valence-electron chi connectivity index (χ1n) is 5.42. The zero-order valence-electron chi connectivity index (χ0n) is 10.2. The minimum Gasteiger partial charge on any atom is -0.480 e. The van der Waals surface area contributed by atoms with Crippen LogP contribution in [0, 0.1) is 11.7 Å². The van der Waals surface area contributed by atoms with Crippen molar-refractivity contribution >= 4 is 39.4 Å². The summed E-state index contributed by atoms with van der Waals surface area (Å²) < 4.78 is 13.4. The minimum atomic E-state index is -1.15. The molecule has 19 heavy (non-hydrogen) atoms. The predicted molar refractivity (Wildman–Crippen MR) is 72.8 cm³/mol. The Kier molecular flexibility index (Phi) is 5.31. The van der Waals surface area contributed by atoms with E-state index in [-0.39, 0.29) is 21.0 Å². The lowest BCUT2D eigenvalue weighted by Crippen LogP contribution is -2.44. The second-order valence-electron chi connectivity index (χ2n) is 4.28. The van der Waals surface area contributed by atoms with Gasteiger partial charge >= 0.3 is 5.97 Å². The molecule has 0 aromatic heterocycles. The monoisotopic (exact) mass is 351 g/mol. The van der Waals surface area contributed by atoms with E-state index in [0.717, 1.165) is 6.07 Å². The van der Waals surface area contributed by atoms with Crippen molar-refractivity contribution in [3.05, 3.63) is 33.0 Å². The van der Waals surface area contributed by atoms with Crippen molar-refractivity contribution in [2.75, 3.05) is 0 Å². The van der Waals surface area contributed by atoms with Gasteiger partial charge in [-0.25, -0.2) is 9.18 Å². The Morgan fingerprint density at radius 1 is 1.42 bits per heavy atom. The normalized spacial score (nSPS) is 12.3. The van der Waals surface area contributed by atoms with Crippen LogP contribution in [0.5, 0.6) is 0 Å². The molecule has 0 saturated heterocycles. The van der Waals surface area contributed by atoms with E-state index in [2.05, 4.69) is 21.2 Å². The van der Waals surface area contributed by atoms with E-state index in [1.54, 1.807) is 13.8 Å². The van der Waals surface area contributed by atoms with Gasteiger partial charge in [-0.15, -0.1) is 0 Å². The quantitative estimate of drug-likeness (QED) is 0.818. The van der Waals surface area contributed by atoms with Gasteiger partial charge in [0.15, 0.2) is 0 Å². The van der Waals surface area contributed by atoms with Gasteiger partial charge in [0.1, 0.15) is 11.9 Å². The molecule has 1 aromatic rings. The van der Waals surface area contributed by atoms with Crippen LogP contribution < -0.4 is 5.32 Å². The molecule has 4 nitrogen and oxygen atoms in total. The molecule has 0 aliphatic rings. The molecule has 0 heterocycles. The number of aliphatic carboxylic acids is 1. The molecule has 104 valence electrons. The number of carboxylic acid groups (broad SMARTS) is 1. The highest BCUT2D eigenvalue weighted by molar-refractivity contribution is 9.10. The van der Waals surface area contributed by atoms with E-state index in [1.807, 2.05) is 0 Å². The minimum absolute atomic E-state index is 0.0445. The van der Waals surface area contributed by atoms with E-state index in [0.29, 0.717) is 0 Å². The summed E-state index contributed by atoms with van der Waals surface area (Å²) in [5.74, 6) is -2.84. The topological polar surface area (TPSA) is 66.4 Å². The highest BCUT2D eigenvalue weighted by atomic mass is 79.9. The van der Waals surface area contributed by atoms with Crippen molar-refractivity contribution in [2.45, 2.75) is 19.9 Å². The van der Waals surface area contributed by atoms with Crippen LogP contribution in [0.15, 0.2) is 16.6 Å². The van der Waals surface area contributed by atoms with Crippen LogP contribution in [-0.2, 0) is 4.79 Å². The van der Waals surface area contributed by atoms with Gasteiger partial charge in [0.25, 0.3) is 5.91 Å². The van der Waals surface area contributed by atoms with Crippen LogP contribution in [0.2, 0.25) is 5.02 Å². The first-order chi connectivity index (χ1) is 8.73. The number of amides is 1. The zero-order chi connectivity index (χ0) is 14.7. The van der Waals surface area contributed by atoms with E-state index in [4.69, 9.17) is 16.7 Å². The molecule has 0 unspecified atom stereocenters. The molecule has 1 aromatic carbocycles. The SMILES string of the molecule is CC(C)[C@@H](NC(=O)c1cc(Cl)cc(F)c1Br)C(=O)O. The van der Waals surface area contributed by atoms with Crippen LogP contribution in [0.25, 0.3) is 0 Å². The highest BCUT2D eigenvalue weighted by Crippen LogP contribution is 2.25. The van der Waals surface area contributed by atoms with Gasteiger partial charge in [-0.1, -0.05) is 25.4 Å². The van der Waals surface area contributed by atoms with E-state index in [9.17, 15) is 14.0 Å². The fraction of sp³-hybridized carbons (Fsp3) is 0.333. The Balaban J connectivity index is 3.04. The lowest BCUT2D eigenvalue weighted by atomic mass is 10.0. The summed E-state index contributed by atoms with van der Waals surface area (Å²) in [5, 5.41) is 11.4. The fourth-order valence-corrected chi connectivity index (χ4v) is 2.07. The van der Waals surface area contributed by atoms with Crippen LogP contribution in [0.3, 0.4) is 0 Å². The molecular formula is C12H12BrClFNO3. The number of carbonyl (C=O) groups is 2. The number of carbonyl (C=O) groups excluding carboxylic acids is 1. The molecule has 0 aliphatic carbocycles. The Morgan fingerprint density at radius 2 is 2.00 bits per heavy atom. The second-order valence-corrected chi connectivity index (χ2v) is 5.51. The van der Waals surface area contributed by atoms with Gasteiger partial charge in [-0.3, -0.25) is 4.79 Å². The van der Waals surface area contributed by atoms with Crippen LogP contribution in [-0.4, -0.2) is 23.0 Å². The Morgan fingerprint density at radius 3 is 2.47 bits per heavy atom. The van der Waals surface area contributed by atoms with E-state index in [1.165, 1.54) is 6.07 Å². The molecular weight excluding hydrogens is 340 g/mol. The first kappa shape index (κ1) is 15.9. The van der Waals surface area contributed by atoms with Crippen LogP contribution in [0.1, 0.15) is 24.2 Å². The predicted octanol–water partition coefficient (Wildman–Crippen LogP) is 3.08. The summed E-state index contributed by atoms with van der Waals surface area (Å²) in [6, 6.07) is 1.27. The number of carboxylic acids is 1. The standard InChI is InChI=1S/C12H12BrClFNO3/c1-5(2)10(12(18)19)16-11(17)7-3-6(14)4-8(15)9(7)13/h3-5,10H,1-2H3,(H,16,17)(H,18,19)/t10-/m1/s1. The van der Waals surface area contributed by atoms with Crippen molar-refractivity contribution in [2.24, 2.45) is 5.92 Å². The largest absolute Gasteiger partial charge is 0.480 e. The van der Waals surface area contributed by atoms with Crippen molar-refractivity contribution in [1.29, 1.82) is 0 Å². The third-order valence-electron chi connectivity index (χ3n) is 2.46. The molecule has 0 bridgehead atoms. The maximum atomic E-state index is 13.4. The smallest absolute Gasteiger partial charge is 0.326 e. The zero-order valence-corrected chi connectivity index (χ0v) is 12.5. The average molecular weight is 353 g/mol. The number of hydrogen-bond donors (Lipinski definition) is 2. The number of halogens is 3. The molecule has 2 N–H and O–H groups in total. The van der Waals surface area contributed by atoms with Crippen LogP contribution >= 0.6 is 27.5 Å². The Labute approximate surface area is 123 Å². The molecule has 7 heteroatoms. The van der Waals surface area contributed by atoms with Gasteiger partial charge in [0.2, 0.25) is 0 Å². The van der Waals surface area contributed by atoms with Crippen LogP contribution in [0.4, 0.5) is 4.39 Å². The summed E-state index contributed by atoms with van der Waals surface area (Å²) in [6.07, 6.45) is 0. The summed E-state index contributed by atoms with van der Waals surface area (Å²) in [6.45, 7) is 3.32. The van der Waals surface area contributed by atoms with Gasteiger partial charge in [0.05, 0.1) is 10.0 Å². The molecule has 1 rings (SSSR count). The summed E-state index contributed by atoms with van der Waals surface area (Å²) in [7, 11) is 0. The maximum Gasteiger partial charge on any atom is 0.326 e. The molecule has 0 spiro atoms. The summed E-state index contributed by atoms with van der Waals surface area (Å²) in [4.78, 5) is 23.0. The Bertz CT molecular complexity index is 522. The number of nitrogens with one attached hydrogen (secondary N) is 1. The lowest BCUT2D eigenvalue weighted by molar-refractivity contribution is -0.140. The molecule has 0 radical (unpaired) electrons. The summed E-state index contributed by atoms with van der Waals surface area (Å²) >= 11 is 8.61. The van der Waals surface area contributed by atoms with Crippen molar-refractivity contribution in [3.8, 4) is 0 Å². The number of benzene rings is 1. The lowest BCUT2D eigenvalue weighted by Gasteiger charge is -2.18. The van der Waals surface area contributed by atoms with Crippen molar-refractivity contribution in [3.63, 3.8) is 0 Å². The molecule has 0 saturated carbocycles. The third-order valence-corrected chi connectivity index (χ3v) is 3.48. The molecule has 1 amide bonds. The van der Waals surface area contributed by atoms with Crippen molar-refractivity contribution in [1.82, 2.24) is 5.32 Å². The second kappa shape index (κ2) is 6.34. The molecule has 1 atom stereocenters. The van der Waals surface area contributed by atoms with Gasteiger partial charge in [0, 0.05) is 5.02 Å². The Hall–Kier alpha value is -1.14. The number of hydrogen-bond acceptors (Lipinski definition) is 2.